The van der Waals surface area contributed by atoms with Crippen LogP contribution in [0.25, 0.3) is 11.1 Å². The van der Waals surface area contributed by atoms with E-state index in [1.165, 1.54) is 6.26 Å². The van der Waals surface area contributed by atoms with Crippen LogP contribution >= 0.6 is 23.2 Å². The van der Waals surface area contributed by atoms with Gasteiger partial charge in [-0.3, -0.25) is 20.4 Å². The molecule has 0 saturated carbocycles. The van der Waals surface area contributed by atoms with Crippen LogP contribution in [-0.4, -0.2) is 18.4 Å². The van der Waals surface area contributed by atoms with Crippen LogP contribution in [0.3, 0.4) is 0 Å². The molecule has 2 amide bonds. The predicted octanol–water partition coefficient (Wildman–Crippen LogP) is 4.87. The fourth-order valence-electron chi connectivity index (χ4n) is 2.58. The van der Waals surface area contributed by atoms with Crippen molar-refractivity contribution < 1.29 is 18.7 Å². The van der Waals surface area contributed by atoms with E-state index in [0.29, 0.717) is 34.4 Å². The second-order valence-corrected chi connectivity index (χ2v) is 6.90. The molecule has 8 heteroatoms. The molecule has 3 rings (SSSR count). The Morgan fingerprint density at radius 2 is 1.79 bits per heavy atom. The standard InChI is InChI=1S/C21H18Cl2N2O4/c22-15-8-9-18(17(23)13-15)28-11-4-7-19(26)24-25-21(27)20-16(10-12-29-20)14-5-2-1-3-6-14/h1-3,5-6,8-10,12-13H,4,7,11H2,(H,24,26)(H,25,27). The van der Waals surface area contributed by atoms with Gasteiger partial charge in [0.2, 0.25) is 11.7 Å². The monoisotopic (exact) mass is 432 g/mol. The lowest BCUT2D eigenvalue weighted by Crippen LogP contribution is -2.41. The van der Waals surface area contributed by atoms with Crippen molar-refractivity contribution >= 4 is 35.0 Å². The number of halogens is 2. The Kier molecular flexibility index (Phi) is 7.16. The Bertz CT molecular complexity index is 989. The Morgan fingerprint density at radius 1 is 1.00 bits per heavy atom. The molecule has 2 aromatic carbocycles. The van der Waals surface area contributed by atoms with Gasteiger partial charge in [-0.05, 0) is 36.2 Å². The van der Waals surface area contributed by atoms with Gasteiger partial charge in [-0.25, -0.2) is 0 Å². The van der Waals surface area contributed by atoms with E-state index in [1.54, 1.807) is 24.3 Å². The molecular formula is C21H18Cl2N2O4. The Hall–Kier alpha value is -2.96. The van der Waals surface area contributed by atoms with Gasteiger partial charge < -0.3 is 9.15 Å². The number of hydrazine groups is 1. The van der Waals surface area contributed by atoms with Crippen molar-refractivity contribution in [3.8, 4) is 16.9 Å². The zero-order valence-electron chi connectivity index (χ0n) is 15.3. The molecule has 0 atom stereocenters. The lowest BCUT2D eigenvalue weighted by atomic mass is 10.1. The predicted molar refractivity (Wildman–Crippen MR) is 111 cm³/mol. The van der Waals surface area contributed by atoms with Crippen molar-refractivity contribution in [2.24, 2.45) is 0 Å². The highest BCUT2D eigenvalue weighted by atomic mass is 35.5. The molecule has 1 aromatic heterocycles. The van der Waals surface area contributed by atoms with Gasteiger partial charge in [-0.15, -0.1) is 0 Å². The van der Waals surface area contributed by atoms with Crippen LogP contribution in [0.2, 0.25) is 10.0 Å². The average Bonchev–Trinajstić information content (AvgIpc) is 3.21. The summed E-state index contributed by atoms with van der Waals surface area (Å²) in [6, 6.07) is 16.0. The minimum Gasteiger partial charge on any atom is -0.492 e. The number of carbonyl (C=O) groups excluding carboxylic acids is 2. The maximum atomic E-state index is 12.3. The first-order valence-electron chi connectivity index (χ1n) is 8.84. The number of nitrogens with one attached hydrogen (secondary N) is 2. The lowest BCUT2D eigenvalue weighted by Gasteiger charge is -2.09. The zero-order valence-corrected chi connectivity index (χ0v) is 16.8. The molecule has 0 fully saturated rings. The van der Waals surface area contributed by atoms with Gasteiger partial charge in [0.15, 0.2) is 0 Å². The van der Waals surface area contributed by atoms with Crippen molar-refractivity contribution in [2.45, 2.75) is 12.8 Å². The number of carbonyl (C=O) groups is 2. The van der Waals surface area contributed by atoms with Crippen molar-refractivity contribution in [1.82, 2.24) is 10.9 Å². The van der Waals surface area contributed by atoms with E-state index >= 15 is 0 Å². The summed E-state index contributed by atoms with van der Waals surface area (Å²) >= 11 is 11.8. The molecule has 29 heavy (non-hydrogen) atoms. The summed E-state index contributed by atoms with van der Waals surface area (Å²) in [5.41, 5.74) is 6.22. The first kappa shape index (κ1) is 20.8. The van der Waals surface area contributed by atoms with Crippen LogP contribution in [0, 0.1) is 0 Å². The number of hydrogen-bond donors (Lipinski definition) is 2. The number of amides is 2. The lowest BCUT2D eigenvalue weighted by molar-refractivity contribution is -0.122. The summed E-state index contributed by atoms with van der Waals surface area (Å²) < 4.78 is 10.8. The first-order valence-corrected chi connectivity index (χ1v) is 9.60. The molecule has 0 aliphatic carbocycles. The van der Waals surface area contributed by atoms with Crippen LogP contribution in [0.5, 0.6) is 5.75 Å². The largest absolute Gasteiger partial charge is 0.492 e. The summed E-state index contributed by atoms with van der Waals surface area (Å²) in [6.45, 7) is 0.291. The van der Waals surface area contributed by atoms with Crippen LogP contribution in [0.15, 0.2) is 65.3 Å². The first-order chi connectivity index (χ1) is 14.0. The molecule has 0 saturated heterocycles. The minimum atomic E-state index is -0.536. The fourth-order valence-corrected chi connectivity index (χ4v) is 3.05. The molecule has 1 heterocycles. The Morgan fingerprint density at radius 3 is 2.55 bits per heavy atom. The molecule has 150 valence electrons. The maximum Gasteiger partial charge on any atom is 0.306 e. The average molecular weight is 433 g/mol. The third-order valence-corrected chi connectivity index (χ3v) is 4.50. The van der Waals surface area contributed by atoms with Gasteiger partial charge in [0.1, 0.15) is 5.75 Å². The van der Waals surface area contributed by atoms with Gasteiger partial charge in [-0.1, -0.05) is 53.5 Å². The molecule has 0 radical (unpaired) electrons. The maximum absolute atomic E-state index is 12.3. The van der Waals surface area contributed by atoms with Crippen LogP contribution in [0.4, 0.5) is 0 Å². The number of furan rings is 1. The van der Waals surface area contributed by atoms with Crippen molar-refractivity contribution in [1.29, 1.82) is 0 Å². The summed E-state index contributed by atoms with van der Waals surface area (Å²) in [4.78, 5) is 24.3. The van der Waals surface area contributed by atoms with Crippen LogP contribution in [-0.2, 0) is 4.79 Å². The topological polar surface area (TPSA) is 80.6 Å². The smallest absolute Gasteiger partial charge is 0.306 e. The fraction of sp³-hybridized carbons (Fsp3) is 0.143. The number of rotatable bonds is 7. The van der Waals surface area contributed by atoms with E-state index in [0.717, 1.165) is 5.56 Å². The van der Waals surface area contributed by atoms with Gasteiger partial charge in [0, 0.05) is 17.0 Å². The van der Waals surface area contributed by atoms with Gasteiger partial charge in [0.25, 0.3) is 0 Å². The number of benzene rings is 2. The highest BCUT2D eigenvalue weighted by molar-refractivity contribution is 6.35. The van der Waals surface area contributed by atoms with E-state index in [2.05, 4.69) is 10.9 Å². The molecule has 0 spiro atoms. The highest BCUT2D eigenvalue weighted by Crippen LogP contribution is 2.27. The molecule has 2 N–H and O–H groups in total. The summed E-state index contributed by atoms with van der Waals surface area (Å²) in [5, 5.41) is 0.923. The van der Waals surface area contributed by atoms with Gasteiger partial charge in [-0.2, -0.15) is 0 Å². The van der Waals surface area contributed by atoms with Crippen LogP contribution < -0.4 is 15.6 Å². The van der Waals surface area contributed by atoms with Crippen molar-refractivity contribution in [3.63, 3.8) is 0 Å². The number of ether oxygens (including phenoxy) is 1. The Balaban J connectivity index is 1.43. The van der Waals surface area contributed by atoms with Crippen molar-refractivity contribution in [2.75, 3.05) is 6.61 Å². The number of hydrogen-bond acceptors (Lipinski definition) is 4. The van der Waals surface area contributed by atoms with Gasteiger partial charge in [0.05, 0.1) is 17.9 Å². The molecule has 0 aliphatic heterocycles. The van der Waals surface area contributed by atoms with E-state index < -0.39 is 5.91 Å². The summed E-state index contributed by atoms with van der Waals surface area (Å²) in [5.74, 6) is -0.267. The third-order valence-electron chi connectivity index (χ3n) is 3.97. The molecule has 0 unspecified atom stereocenters. The zero-order chi connectivity index (χ0) is 20.6. The summed E-state index contributed by atoms with van der Waals surface area (Å²) in [7, 11) is 0. The van der Waals surface area contributed by atoms with E-state index in [4.69, 9.17) is 32.4 Å². The van der Waals surface area contributed by atoms with Gasteiger partial charge >= 0.3 is 5.91 Å². The highest BCUT2D eigenvalue weighted by Gasteiger charge is 2.17. The summed E-state index contributed by atoms with van der Waals surface area (Å²) in [6.07, 6.45) is 2.03. The van der Waals surface area contributed by atoms with E-state index in [1.807, 2.05) is 30.3 Å². The Labute approximate surface area is 177 Å². The molecule has 0 aliphatic rings. The second kappa shape index (κ2) is 10.0. The van der Waals surface area contributed by atoms with Crippen molar-refractivity contribution in [3.05, 3.63) is 76.7 Å². The quantitative estimate of drug-likeness (QED) is 0.412. The molecule has 6 nitrogen and oxygen atoms in total. The SMILES string of the molecule is O=C(CCCOc1ccc(Cl)cc1Cl)NNC(=O)c1occc1-c1ccccc1. The molecule has 0 bridgehead atoms. The molecule has 3 aromatic rings. The van der Waals surface area contributed by atoms with Crippen LogP contribution in [0.1, 0.15) is 23.4 Å². The minimum absolute atomic E-state index is 0.122. The third kappa shape index (κ3) is 5.76. The van der Waals surface area contributed by atoms with E-state index in [9.17, 15) is 9.59 Å². The van der Waals surface area contributed by atoms with E-state index in [-0.39, 0.29) is 18.1 Å². The normalized spacial score (nSPS) is 10.4. The second-order valence-electron chi connectivity index (χ2n) is 6.06. The molecular weight excluding hydrogens is 415 g/mol.